The summed E-state index contributed by atoms with van der Waals surface area (Å²) in [5, 5.41) is 4.63. The van der Waals surface area contributed by atoms with Crippen LogP contribution in [-0.4, -0.2) is 65.1 Å². The van der Waals surface area contributed by atoms with Gasteiger partial charge in [0.25, 0.3) is 0 Å². The minimum absolute atomic E-state index is 0.0604. The van der Waals surface area contributed by atoms with Crippen molar-refractivity contribution in [2.75, 3.05) is 39.3 Å². The Labute approximate surface area is 346 Å². The molecule has 5 aromatic rings. The Morgan fingerprint density at radius 1 is 0.633 bits per heavy atom. The summed E-state index contributed by atoms with van der Waals surface area (Å²) in [5.41, 5.74) is 6.51. The maximum atomic E-state index is 13.9. The van der Waals surface area contributed by atoms with Crippen LogP contribution in [-0.2, 0) is 13.1 Å². The van der Waals surface area contributed by atoms with E-state index in [1.165, 1.54) is 0 Å². The first-order chi connectivity index (χ1) is 29.3. The predicted octanol–water partition coefficient (Wildman–Crippen LogP) is 7.49. The number of Topliss-reactive ketones (excluding diaryl/α,β-unsaturated/α-hetero) is 2. The van der Waals surface area contributed by atoms with Gasteiger partial charge in [0, 0.05) is 54.9 Å². The quantitative estimate of drug-likeness (QED) is 0.0780. The molecule has 4 aliphatic rings. The highest BCUT2D eigenvalue weighted by molar-refractivity contribution is 6.00. The van der Waals surface area contributed by atoms with Crippen molar-refractivity contribution < 1.29 is 22.9 Å². The summed E-state index contributed by atoms with van der Waals surface area (Å²) in [7, 11) is 0. The molecular formula is C50H43N4O6+. The number of fused-ring (bicyclic) bond motifs is 2. The number of quaternary nitrogens is 1. The lowest BCUT2D eigenvalue weighted by atomic mass is 9.99. The summed E-state index contributed by atoms with van der Waals surface area (Å²) < 4.78 is 11.2. The van der Waals surface area contributed by atoms with Gasteiger partial charge in [-0.3, -0.25) is 14.1 Å². The van der Waals surface area contributed by atoms with Crippen molar-refractivity contribution in [3.63, 3.8) is 0 Å². The zero-order valence-electron chi connectivity index (χ0n) is 33.0. The third kappa shape index (κ3) is 8.32. The van der Waals surface area contributed by atoms with Crippen molar-refractivity contribution in [1.82, 2.24) is 15.1 Å². The molecule has 4 aliphatic heterocycles. The summed E-state index contributed by atoms with van der Waals surface area (Å²) in [6, 6.07) is 26.2. The lowest BCUT2D eigenvalue weighted by Crippen LogP contribution is -2.47. The fourth-order valence-corrected chi connectivity index (χ4v) is 8.04. The number of ketones is 2. The molecule has 1 N–H and O–H groups in total. The number of para-hydroxylation sites is 2. The number of carbonyl (C=O) groups is 2. The molecular weight excluding hydrogens is 753 g/mol. The average molecular weight is 796 g/mol. The second-order valence-electron chi connectivity index (χ2n) is 15.5. The third-order valence-electron chi connectivity index (χ3n) is 11.3. The van der Waals surface area contributed by atoms with Gasteiger partial charge in [0.2, 0.25) is 5.78 Å². The van der Waals surface area contributed by atoms with Crippen LogP contribution in [0, 0.1) is 0 Å². The maximum Gasteiger partial charge on any atom is 0.347 e. The first-order valence-corrected chi connectivity index (χ1v) is 20.1. The Balaban J connectivity index is 0.825. The van der Waals surface area contributed by atoms with Crippen LogP contribution in [0.3, 0.4) is 0 Å². The maximum absolute atomic E-state index is 13.9. The van der Waals surface area contributed by atoms with Crippen molar-refractivity contribution in [2.45, 2.75) is 13.1 Å². The van der Waals surface area contributed by atoms with Crippen molar-refractivity contribution in [1.29, 1.82) is 0 Å². The Kier molecular flexibility index (Phi) is 10.5. The molecule has 1 atom stereocenters. The van der Waals surface area contributed by atoms with Crippen LogP contribution in [0.1, 0.15) is 31.8 Å². The SMILES string of the molecule is O=C(CN1C=CC(C2=CCN(Cc3ccc(C[N+]4(CC(=O)c5cc6ccccc6oc5=O)C=CC(C5=CCNC=C5)=CC4)cc3)C=C2)=CC1)c1cc2ccccc2oc1=O. The fraction of sp³-hybridized carbons (Fsp3) is 0.160. The number of nitrogens with one attached hydrogen (secondary N) is 1. The summed E-state index contributed by atoms with van der Waals surface area (Å²) in [6.45, 7) is 4.14. The molecule has 0 saturated heterocycles. The first-order valence-electron chi connectivity index (χ1n) is 20.1. The van der Waals surface area contributed by atoms with Crippen LogP contribution in [0.25, 0.3) is 21.9 Å². The van der Waals surface area contributed by atoms with Crippen molar-refractivity contribution in [3.8, 4) is 0 Å². The van der Waals surface area contributed by atoms with Crippen LogP contribution in [0.15, 0.2) is 199 Å². The molecule has 0 bridgehead atoms. The van der Waals surface area contributed by atoms with Crippen LogP contribution >= 0.6 is 0 Å². The minimum Gasteiger partial charge on any atom is -0.422 e. The number of carbonyl (C=O) groups excluding carboxylic acids is 2. The van der Waals surface area contributed by atoms with Crippen LogP contribution in [0.5, 0.6) is 0 Å². The lowest BCUT2D eigenvalue weighted by Gasteiger charge is -2.36. The van der Waals surface area contributed by atoms with E-state index in [1.54, 1.807) is 36.4 Å². The van der Waals surface area contributed by atoms with Gasteiger partial charge < -0.3 is 24.0 Å². The van der Waals surface area contributed by atoms with E-state index in [-0.39, 0.29) is 35.8 Å². The van der Waals surface area contributed by atoms with Gasteiger partial charge in [-0.05, 0) is 88.7 Å². The van der Waals surface area contributed by atoms with E-state index < -0.39 is 11.3 Å². The summed E-state index contributed by atoms with van der Waals surface area (Å²) in [4.78, 5) is 56.5. The molecule has 298 valence electrons. The van der Waals surface area contributed by atoms with Gasteiger partial charge in [-0.1, -0.05) is 78.9 Å². The predicted molar refractivity (Wildman–Crippen MR) is 233 cm³/mol. The highest BCUT2D eigenvalue weighted by atomic mass is 16.4. The monoisotopic (exact) mass is 795 g/mol. The molecule has 1 unspecified atom stereocenters. The summed E-state index contributed by atoms with van der Waals surface area (Å²) in [5.74, 6) is -0.532. The molecule has 60 heavy (non-hydrogen) atoms. The number of hydrogen-bond acceptors (Lipinski definition) is 9. The van der Waals surface area contributed by atoms with E-state index >= 15 is 0 Å². The van der Waals surface area contributed by atoms with Crippen LogP contribution in [0.4, 0.5) is 0 Å². The van der Waals surface area contributed by atoms with Gasteiger partial charge in [-0.25, -0.2) is 9.59 Å². The molecule has 0 amide bonds. The molecule has 0 fully saturated rings. The minimum atomic E-state index is -0.617. The number of hydrogen-bond donors (Lipinski definition) is 1. The normalized spacial score (nSPS) is 18.5. The second kappa shape index (κ2) is 16.5. The first kappa shape index (κ1) is 38.2. The van der Waals surface area contributed by atoms with E-state index in [9.17, 15) is 19.2 Å². The number of benzene rings is 3. The zero-order chi connectivity index (χ0) is 41.1. The fourth-order valence-electron chi connectivity index (χ4n) is 8.04. The average Bonchev–Trinajstić information content (AvgIpc) is 3.27. The van der Waals surface area contributed by atoms with E-state index in [0.717, 1.165) is 63.8 Å². The van der Waals surface area contributed by atoms with E-state index in [4.69, 9.17) is 8.83 Å². The lowest BCUT2D eigenvalue weighted by molar-refractivity contribution is -0.879. The Morgan fingerprint density at radius 3 is 1.80 bits per heavy atom. The summed E-state index contributed by atoms with van der Waals surface area (Å²) in [6.07, 6.45) is 24.9. The molecule has 6 heterocycles. The van der Waals surface area contributed by atoms with Gasteiger partial charge in [0.15, 0.2) is 5.78 Å². The van der Waals surface area contributed by atoms with Crippen LogP contribution < -0.4 is 16.6 Å². The van der Waals surface area contributed by atoms with Crippen LogP contribution in [0.2, 0.25) is 0 Å². The van der Waals surface area contributed by atoms with Crippen molar-refractivity contribution >= 4 is 33.5 Å². The molecule has 0 aliphatic carbocycles. The van der Waals surface area contributed by atoms with Gasteiger partial charge in [0.05, 0.1) is 12.7 Å². The number of nitrogens with zero attached hydrogens (tertiary/aromatic N) is 3. The molecule has 0 saturated carbocycles. The van der Waals surface area contributed by atoms with E-state index in [0.29, 0.717) is 35.3 Å². The molecule has 0 radical (unpaired) electrons. The number of rotatable bonds is 12. The Hall–Kier alpha value is -7.30. The largest absolute Gasteiger partial charge is 0.422 e. The molecule has 3 aromatic carbocycles. The van der Waals surface area contributed by atoms with Gasteiger partial charge in [-0.2, -0.15) is 0 Å². The van der Waals surface area contributed by atoms with Gasteiger partial charge >= 0.3 is 11.3 Å². The molecule has 10 nitrogen and oxygen atoms in total. The zero-order valence-corrected chi connectivity index (χ0v) is 33.0. The number of allylic oxidation sites excluding steroid dienone is 8. The van der Waals surface area contributed by atoms with Crippen molar-refractivity contribution in [3.05, 3.63) is 224 Å². The highest BCUT2D eigenvalue weighted by Gasteiger charge is 2.32. The van der Waals surface area contributed by atoms with E-state index in [2.05, 4.69) is 89.4 Å². The smallest absolute Gasteiger partial charge is 0.347 e. The molecule has 0 spiro atoms. The Morgan fingerprint density at radius 2 is 1.22 bits per heavy atom. The van der Waals surface area contributed by atoms with Gasteiger partial charge in [0.1, 0.15) is 41.9 Å². The summed E-state index contributed by atoms with van der Waals surface area (Å²) >= 11 is 0. The number of dihydropyridines is 1. The standard InChI is InChI=1S/C50H43N4O6/c55-45(43-29-41-5-1-3-7-47(41)59-49(43)57)32-53-25-17-39(18-26-53)38-15-23-52(24-16-38)31-35-9-11-36(12-10-35)33-54(27-19-40(20-28-54)37-13-21-51-22-14-37)34-46(56)44-30-42-6-2-4-8-48(42)60-50(44)58/h1-21,23,25,27,29-30,51H,22,24,26,28,31-34H2/q+1. The molecule has 10 heteroatoms. The van der Waals surface area contributed by atoms with E-state index in [1.807, 2.05) is 47.6 Å². The third-order valence-corrected chi connectivity index (χ3v) is 11.3. The Bertz CT molecular complexity index is 2900. The molecule has 2 aromatic heterocycles. The van der Waals surface area contributed by atoms with Gasteiger partial charge in [-0.15, -0.1) is 0 Å². The topological polar surface area (TPSA) is 113 Å². The molecule has 9 rings (SSSR count). The van der Waals surface area contributed by atoms with Crippen molar-refractivity contribution in [2.24, 2.45) is 0 Å². The highest BCUT2D eigenvalue weighted by Crippen LogP contribution is 2.28. The second-order valence-corrected chi connectivity index (χ2v) is 15.5.